The van der Waals surface area contributed by atoms with Gasteiger partial charge in [0.1, 0.15) is 5.75 Å². The van der Waals surface area contributed by atoms with Crippen LogP contribution in [0, 0.1) is 11.3 Å². The van der Waals surface area contributed by atoms with Crippen molar-refractivity contribution in [2.75, 3.05) is 0 Å². The fourth-order valence-electron chi connectivity index (χ4n) is 4.24. The summed E-state index contributed by atoms with van der Waals surface area (Å²) in [6, 6.07) is 7.70. The number of rotatable bonds is 1. The molecule has 104 valence electrons. The monoisotopic (exact) mass is 260 g/mol. The maximum Gasteiger partial charge on any atom is 0.115 e. The smallest absolute Gasteiger partial charge is 0.115 e. The first-order valence-corrected chi connectivity index (χ1v) is 7.56. The molecule has 2 aliphatic carbocycles. The number of benzene rings is 1. The van der Waals surface area contributed by atoms with Gasteiger partial charge < -0.3 is 10.2 Å². The molecule has 4 atom stereocenters. The van der Waals surface area contributed by atoms with E-state index in [0.717, 1.165) is 19.3 Å². The minimum Gasteiger partial charge on any atom is -0.508 e. The molecule has 2 saturated carbocycles. The molecule has 0 spiro atoms. The summed E-state index contributed by atoms with van der Waals surface area (Å²) in [5.74, 6) is 1.60. The van der Waals surface area contributed by atoms with Gasteiger partial charge in [-0.05, 0) is 67.1 Å². The molecule has 1 aromatic carbocycles. The van der Waals surface area contributed by atoms with Gasteiger partial charge >= 0.3 is 0 Å². The van der Waals surface area contributed by atoms with Gasteiger partial charge in [0.25, 0.3) is 0 Å². The molecule has 2 heteroatoms. The summed E-state index contributed by atoms with van der Waals surface area (Å²) < 4.78 is 0. The Balaban J connectivity index is 1.77. The van der Waals surface area contributed by atoms with Crippen LogP contribution in [0.4, 0.5) is 0 Å². The third kappa shape index (κ3) is 2.27. The summed E-state index contributed by atoms with van der Waals surface area (Å²) in [6.07, 6.45) is 6.80. The Kier molecular flexibility index (Phi) is 3.30. The molecule has 3 rings (SSSR count). The molecule has 0 heterocycles. The molecule has 0 radical (unpaired) electrons. The summed E-state index contributed by atoms with van der Waals surface area (Å²) in [5, 5.41) is 19.7. The largest absolute Gasteiger partial charge is 0.508 e. The van der Waals surface area contributed by atoms with E-state index in [2.05, 4.69) is 19.1 Å². The van der Waals surface area contributed by atoms with Crippen LogP contribution in [-0.2, 0) is 0 Å². The Labute approximate surface area is 115 Å². The Morgan fingerprint density at radius 1 is 1.11 bits per heavy atom. The van der Waals surface area contributed by atoms with Gasteiger partial charge in [-0.3, -0.25) is 0 Å². The number of hydrogen-bond donors (Lipinski definition) is 2. The Morgan fingerprint density at radius 2 is 1.84 bits per heavy atom. The molecule has 2 nitrogen and oxygen atoms in total. The SMILES string of the molecule is C[C@]12CC[C@H](c3ccc(O)cc3)C[C@@H]1CCC[C@@H]2O. The van der Waals surface area contributed by atoms with Gasteiger partial charge in [-0.1, -0.05) is 25.5 Å². The van der Waals surface area contributed by atoms with Crippen molar-refractivity contribution >= 4 is 0 Å². The topological polar surface area (TPSA) is 40.5 Å². The fourth-order valence-corrected chi connectivity index (χ4v) is 4.24. The van der Waals surface area contributed by atoms with Crippen LogP contribution < -0.4 is 0 Å². The fraction of sp³-hybridized carbons (Fsp3) is 0.647. The molecule has 0 saturated heterocycles. The molecule has 0 amide bonds. The molecular weight excluding hydrogens is 236 g/mol. The van der Waals surface area contributed by atoms with E-state index in [-0.39, 0.29) is 11.5 Å². The van der Waals surface area contributed by atoms with Gasteiger partial charge in [0, 0.05) is 0 Å². The predicted molar refractivity (Wildman–Crippen MR) is 76.2 cm³/mol. The summed E-state index contributed by atoms with van der Waals surface area (Å²) in [6.45, 7) is 2.29. The highest BCUT2D eigenvalue weighted by Crippen LogP contribution is 2.53. The van der Waals surface area contributed by atoms with Crippen LogP contribution in [0.3, 0.4) is 0 Å². The first kappa shape index (κ1) is 13.0. The summed E-state index contributed by atoms with van der Waals surface area (Å²) in [5.41, 5.74) is 1.49. The van der Waals surface area contributed by atoms with Crippen LogP contribution in [0.25, 0.3) is 0 Å². The summed E-state index contributed by atoms with van der Waals surface area (Å²) in [4.78, 5) is 0. The molecule has 0 unspecified atom stereocenters. The minimum atomic E-state index is -0.105. The van der Waals surface area contributed by atoms with Crippen molar-refractivity contribution in [3.05, 3.63) is 29.8 Å². The van der Waals surface area contributed by atoms with Crippen LogP contribution in [0.2, 0.25) is 0 Å². The van der Waals surface area contributed by atoms with Crippen molar-refractivity contribution in [2.24, 2.45) is 11.3 Å². The number of phenols is 1. The van der Waals surface area contributed by atoms with Crippen LogP contribution in [0.1, 0.15) is 56.9 Å². The van der Waals surface area contributed by atoms with Gasteiger partial charge in [0.2, 0.25) is 0 Å². The van der Waals surface area contributed by atoms with Gasteiger partial charge in [0.05, 0.1) is 6.10 Å². The predicted octanol–water partition coefficient (Wildman–Crippen LogP) is 3.83. The second-order valence-corrected chi connectivity index (χ2v) is 6.71. The van der Waals surface area contributed by atoms with E-state index in [0.29, 0.717) is 17.6 Å². The molecule has 1 aromatic rings. The van der Waals surface area contributed by atoms with Gasteiger partial charge in [-0.2, -0.15) is 0 Å². The Bertz CT molecular complexity index is 439. The minimum absolute atomic E-state index is 0.105. The molecular formula is C17H24O2. The normalized spacial score (nSPS) is 38.7. The number of aromatic hydroxyl groups is 1. The van der Waals surface area contributed by atoms with Crippen LogP contribution in [-0.4, -0.2) is 16.3 Å². The molecule has 0 aliphatic heterocycles. The van der Waals surface area contributed by atoms with E-state index >= 15 is 0 Å². The van der Waals surface area contributed by atoms with E-state index in [1.165, 1.54) is 24.8 Å². The number of aliphatic hydroxyl groups excluding tert-OH is 1. The quantitative estimate of drug-likeness (QED) is 0.805. The Morgan fingerprint density at radius 3 is 2.58 bits per heavy atom. The zero-order valence-corrected chi connectivity index (χ0v) is 11.7. The molecule has 2 N–H and O–H groups in total. The van der Waals surface area contributed by atoms with Crippen LogP contribution in [0.5, 0.6) is 5.75 Å². The van der Waals surface area contributed by atoms with E-state index in [9.17, 15) is 10.2 Å². The van der Waals surface area contributed by atoms with Crippen LogP contribution in [0.15, 0.2) is 24.3 Å². The molecule has 19 heavy (non-hydrogen) atoms. The maximum absolute atomic E-state index is 10.3. The van der Waals surface area contributed by atoms with Crippen molar-refractivity contribution in [3.8, 4) is 5.75 Å². The lowest BCUT2D eigenvalue weighted by atomic mass is 9.56. The third-order valence-corrected chi connectivity index (χ3v) is 5.69. The van der Waals surface area contributed by atoms with E-state index in [4.69, 9.17) is 0 Å². The number of phenolic OH excluding ortho intramolecular Hbond substituents is 1. The number of hydrogen-bond acceptors (Lipinski definition) is 2. The second kappa shape index (κ2) is 4.82. The number of fused-ring (bicyclic) bond motifs is 1. The van der Waals surface area contributed by atoms with E-state index < -0.39 is 0 Å². The molecule has 2 fully saturated rings. The molecule has 2 aliphatic rings. The average Bonchev–Trinajstić information content (AvgIpc) is 2.41. The van der Waals surface area contributed by atoms with Crippen molar-refractivity contribution in [2.45, 2.75) is 57.5 Å². The van der Waals surface area contributed by atoms with Crippen molar-refractivity contribution < 1.29 is 10.2 Å². The number of aliphatic hydroxyl groups is 1. The molecule has 0 bridgehead atoms. The third-order valence-electron chi connectivity index (χ3n) is 5.69. The summed E-state index contributed by atoms with van der Waals surface area (Å²) in [7, 11) is 0. The first-order chi connectivity index (χ1) is 9.09. The van der Waals surface area contributed by atoms with Gasteiger partial charge in [-0.15, -0.1) is 0 Å². The highest BCUT2D eigenvalue weighted by atomic mass is 16.3. The van der Waals surface area contributed by atoms with Gasteiger partial charge in [-0.25, -0.2) is 0 Å². The molecule has 0 aromatic heterocycles. The zero-order chi connectivity index (χ0) is 13.5. The van der Waals surface area contributed by atoms with Crippen molar-refractivity contribution in [1.29, 1.82) is 0 Å². The zero-order valence-electron chi connectivity index (χ0n) is 11.7. The summed E-state index contributed by atoms with van der Waals surface area (Å²) >= 11 is 0. The maximum atomic E-state index is 10.3. The Hall–Kier alpha value is -1.02. The average molecular weight is 260 g/mol. The lowest BCUT2D eigenvalue weighted by Crippen LogP contribution is -2.45. The highest BCUT2D eigenvalue weighted by Gasteiger charge is 2.46. The van der Waals surface area contributed by atoms with E-state index in [1.54, 1.807) is 12.1 Å². The standard InChI is InChI=1S/C17H24O2/c1-17-10-9-13(12-5-7-15(18)8-6-12)11-14(17)3-2-4-16(17)19/h5-8,13-14,16,18-19H,2-4,9-11H2,1H3/t13-,14-,16-,17-/m0/s1. The lowest BCUT2D eigenvalue weighted by Gasteiger charge is -2.50. The van der Waals surface area contributed by atoms with Crippen LogP contribution >= 0.6 is 0 Å². The highest BCUT2D eigenvalue weighted by molar-refractivity contribution is 5.29. The van der Waals surface area contributed by atoms with E-state index in [1.807, 2.05) is 0 Å². The second-order valence-electron chi connectivity index (χ2n) is 6.71. The van der Waals surface area contributed by atoms with Crippen molar-refractivity contribution in [3.63, 3.8) is 0 Å². The van der Waals surface area contributed by atoms with Crippen molar-refractivity contribution in [1.82, 2.24) is 0 Å². The first-order valence-electron chi connectivity index (χ1n) is 7.56. The van der Waals surface area contributed by atoms with Gasteiger partial charge in [0.15, 0.2) is 0 Å². The lowest BCUT2D eigenvalue weighted by molar-refractivity contribution is -0.0694.